The fourth-order valence-electron chi connectivity index (χ4n) is 6.24. The third-order valence-electron chi connectivity index (χ3n) is 8.27. The summed E-state index contributed by atoms with van der Waals surface area (Å²) in [5, 5.41) is 0. The number of morpholine rings is 1. The molecule has 3 fully saturated rings. The lowest BCUT2D eigenvalue weighted by Crippen LogP contribution is -2.46. The average molecular weight is 466 g/mol. The van der Waals surface area contributed by atoms with Gasteiger partial charge in [-0.1, -0.05) is 13.8 Å². The zero-order valence-electron chi connectivity index (χ0n) is 21.6. The Balaban J connectivity index is 1.35. The van der Waals surface area contributed by atoms with E-state index in [4.69, 9.17) is 9.15 Å². The van der Waals surface area contributed by atoms with Gasteiger partial charge in [0.25, 0.3) is 0 Å². The van der Waals surface area contributed by atoms with Crippen LogP contribution in [0, 0.1) is 5.41 Å². The summed E-state index contributed by atoms with van der Waals surface area (Å²) in [5.41, 5.74) is 6.21. The molecular formula is C29H43N3O2. The van der Waals surface area contributed by atoms with E-state index in [-0.39, 0.29) is 12.2 Å². The maximum atomic E-state index is 6.01. The van der Waals surface area contributed by atoms with Gasteiger partial charge in [-0.05, 0) is 80.7 Å². The Morgan fingerprint density at radius 1 is 0.912 bits per heavy atom. The normalized spacial score (nSPS) is 26.7. The topological polar surface area (TPSA) is 32.1 Å². The Morgan fingerprint density at radius 3 is 2.26 bits per heavy atom. The highest BCUT2D eigenvalue weighted by atomic mass is 16.5. The quantitative estimate of drug-likeness (QED) is 0.549. The van der Waals surface area contributed by atoms with E-state index in [1.165, 1.54) is 42.6 Å². The number of furan rings is 1. The Kier molecular flexibility index (Phi) is 6.95. The van der Waals surface area contributed by atoms with E-state index in [1.807, 2.05) is 6.26 Å². The van der Waals surface area contributed by atoms with E-state index in [1.54, 1.807) is 11.8 Å². The largest absolute Gasteiger partial charge is 0.472 e. The van der Waals surface area contributed by atoms with Crippen molar-refractivity contribution in [3.63, 3.8) is 0 Å². The molecule has 0 spiro atoms. The Hall–Kier alpha value is -1.98. The number of hydrogen-bond donors (Lipinski definition) is 0. The molecular weight excluding hydrogens is 422 g/mol. The van der Waals surface area contributed by atoms with Crippen LogP contribution in [0.5, 0.6) is 0 Å². The van der Waals surface area contributed by atoms with Crippen LogP contribution in [-0.2, 0) is 11.3 Å². The second-order valence-corrected chi connectivity index (χ2v) is 11.7. The molecule has 1 aromatic heterocycles. The van der Waals surface area contributed by atoms with Crippen LogP contribution in [0.1, 0.15) is 70.4 Å². The van der Waals surface area contributed by atoms with Gasteiger partial charge in [-0.3, -0.25) is 4.90 Å². The van der Waals surface area contributed by atoms with E-state index in [9.17, 15) is 0 Å². The molecule has 34 heavy (non-hydrogen) atoms. The van der Waals surface area contributed by atoms with Crippen molar-refractivity contribution in [2.24, 2.45) is 5.41 Å². The summed E-state index contributed by atoms with van der Waals surface area (Å²) in [4.78, 5) is 7.74. The zero-order chi connectivity index (χ0) is 23.7. The summed E-state index contributed by atoms with van der Waals surface area (Å²) in [6, 6.07) is 9.43. The molecule has 2 aromatic rings. The number of ether oxygens (including phenoxy) is 1. The summed E-state index contributed by atoms with van der Waals surface area (Å²) in [6.45, 7) is 16.6. The molecule has 5 rings (SSSR count). The third kappa shape index (κ3) is 5.46. The summed E-state index contributed by atoms with van der Waals surface area (Å²) in [6.07, 6.45) is 9.48. The third-order valence-corrected chi connectivity index (χ3v) is 8.27. The fraction of sp³-hybridized carbons (Fsp3) is 0.655. The van der Waals surface area contributed by atoms with Crippen molar-refractivity contribution in [1.82, 2.24) is 4.90 Å². The van der Waals surface area contributed by atoms with Gasteiger partial charge >= 0.3 is 0 Å². The van der Waals surface area contributed by atoms with Crippen LogP contribution in [0.4, 0.5) is 11.4 Å². The second kappa shape index (κ2) is 9.94. The molecule has 0 bridgehead atoms. The molecule has 1 saturated carbocycles. The number of rotatable bonds is 5. The molecule has 0 amide bonds. The van der Waals surface area contributed by atoms with E-state index in [0.29, 0.717) is 11.3 Å². The summed E-state index contributed by atoms with van der Waals surface area (Å²) < 4.78 is 11.3. The number of hydrogen-bond acceptors (Lipinski definition) is 5. The second-order valence-electron chi connectivity index (χ2n) is 11.7. The Labute approximate surface area is 206 Å². The lowest BCUT2D eigenvalue weighted by Gasteiger charge is -2.41. The highest BCUT2D eigenvalue weighted by molar-refractivity contribution is 5.64. The van der Waals surface area contributed by atoms with Crippen LogP contribution in [0.3, 0.4) is 0 Å². The van der Waals surface area contributed by atoms with Gasteiger partial charge in [0.2, 0.25) is 0 Å². The van der Waals surface area contributed by atoms with Crippen LogP contribution in [0.2, 0.25) is 0 Å². The van der Waals surface area contributed by atoms with Crippen molar-refractivity contribution in [1.29, 1.82) is 0 Å². The summed E-state index contributed by atoms with van der Waals surface area (Å²) >= 11 is 0. The minimum absolute atomic E-state index is 0.283. The highest BCUT2D eigenvalue weighted by Gasteiger charge is 2.31. The van der Waals surface area contributed by atoms with Crippen molar-refractivity contribution in [3.05, 3.63) is 47.9 Å². The monoisotopic (exact) mass is 465 g/mol. The van der Waals surface area contributed by atoms with Gasteiger partial charge in [-0.15, -0.1) is 0 Å². The van der Waals surface area contributed by atoms with Crippen molar-refractivity contribution in [2.45, 2.75) is 78.0 Å². The van der Waals surface area contributed by atoms with Crippen LogP contribution in [0.15, 0.2) is 41.2 Å². The molecule has 2 aliphatic heterocycles. The van der Waals surface area contributed by atoms with Crippen LogP contribution < -0.4 is 9.80 Å². The molecule has 3 heterocycles. The van der Waals surface area contributed by atoms with Crippen molar-refractivity contribution >= 4 is 11.4 Å². The first-order chi connectivity index (χ1) is 16.4. The molecule has 1 aromatic carbocycles. The molecule has 2 saturated heterocycles. The molecule has 3 aliphatic rings. The minimum Gasteiger partial charge on any atom is -0.472 e. The first-order valence-electron chi connectivity index (χ1n) is 13.4. The van der Waals surface area contributed by atoms with Gasteiger partial charge < -0.3 is 19.0 Å². The van der Waals surface area contributed by atoms with Gasteiger partial charge in [-0.25, -0.2) is 0 Å². The van der Waals surface area contributed by atoms with Gasteiger partial charge in [0.05, 0.1) is 24.7 Å². The molecule has 0 unspecified atom stereocenters. The number of nitrogens with zero attached hydrogens (tertiary/aromatic N) is 3. The maximum absolute atomic E-state index is 6.01. The summed E-state index contributed by atoms with van der Waals surface area (Å²) in [7, 11) is 0. The number of benzene rings is 1. The molecule has 2 atom stereocenters. The predicted molar refractivity (Wildman–Crippen MR) is 140 cm³/mol. The minimum atomic E-state index is 0.283. The van der Waals surface area contributed by atoms with E-state index in [0.717, 1.165) is 45.8 Å². The smallest absolute Gasteiger partial charge is 0.0947 e. The first kappa shape index (κ1) is 23.7. The van der Waals surface area contributed by atoms with Gasteiger partial charge in [0, 0.05) is 62.8 Å². The molecule has 0 N–H and O–H groups in total. The summed E-state index contributed by atoms with van der Waals surface area (Å²) in [5.74, 6) is 0.669. The SMILES string of the molecule is C[C@@H]1CN(c2ccc(N3CCN(Cc4ccoc4)CC3)c(C3CCC(C)(C)CC3)c2)C[C@H](C)O1. The molecule has 1 aliphatic carbocycles. The van der Waals surface area contributed by atoms with Gasteiger partial charge in [0.1, 0.15) is 0 Å². The van der Waals surface area contributed by atoms with E-state index in [2.05, 4.69) is 66.7 Å². The average Bonchev–Trinajstić information content (AvgIpc) is 3.32. The number of piperazine rings is 1. The van der Waals surface area contributed by atoms with Crippen LogP contribution in [-0.4, -0.2) is 56.4 Å². The Bertz CT molecular complexity index is 913. The number of anilines is 2. The highest BCUT2D eigenvalue weighted by Crippen LogP contribution is 2.46. The van der Waals surface area contributed by atoms with E-state index < -0.39 is 0 Å². The molecule has 5 heteroatoms. The van der Waals surface area contributed by atoms with Gasteiger partial charge in [0.15, 0.2) is 0 Å². The zero-order valence-corrected chi connectivity index (χ0v) is 21.6. The van der Waals surface area contributed by atoms with Crippen molar-refractivity contribution < 1.29 is 9.15 Å². The lowest BCUT2D eigenvalue weighted by molar-refractivity contribution is -0.00522. The van der Waals surface area contributed by atoms with Crippen molar-refractivity contribution in [2.75, 3.05) is 49.1 Å². The Morgan fingerprint density at radius 2 is 1.62 bits per heavy atom. The van der Waals surface area contributed by atoms with E-state index >= 15 is 0 Å². The molecule has 186 valence electrons. The first-order valence-corrected chi connectivity index (χ1v) is 13.4. The van der Waals surface area contributed by atoms with Crippen molar-refractivity contribution in [3.8, 4) is 0 Å². The fourth-order valence-corrected chi connectivity index (χ4v) is 6.24. The van der Waals surface area contributed by atoms with Crippen LogP contribution >= 0.6 is 0 Å². The molecule has 0 radical (unpaired) electrons. The maximum Gasteiger partial charge on any atom is 0.0947 e. The standard InChI is InChI=1S/C29H43N3O2/c1-22-18-32(19-23(2)34-22)26-5-6-28(27(17-26)25-7-10-29(3,4)11-8-25)31-14-12-30(13-15-31)20-24-9-16-33-21-24/h5-6,9,16-17,21-23,25H,7-8,10-15,18-20H2,1-4H3/t22-,23+. The van der Waals surface area contributed by atoms with Crippen LogP contribution in [0.25, 0.3) is 0 Å². The van der Waals surface area contributed by atoms with Gasteiger partial charge in [-0.2, -0.15) is 0 Å². The predicted octanol–water partition coefficient (Wildman–Crippen LogP) is 5.90. The lowest BCUT2D eigenvalue weighted by atomic mass is 9.71. The molecule has 5 nitrogen and oxygen atoms in total.